The minimum atomic E-state index is -1.19. The van der Waals surface area contributed by atoms with Crippen LogP contribution in [0.25, 0.3) is 0 Å². The monoisotopic (exact) mass is 360 g/mol. The fraction of sp³-hybridized carbons (Fsp3) is 0.235. The number of ether oxygens (including phenoxy) is 1. The molecule has 1 aliphatic rings. The van der Waals surface area contributed by atoms with Crippen molar-refractivity contribution in [2.75, 3.05) is 6.54 Å². The van der Waals surface area contributed by atoms with Gasteiger partial charge in [-0.05, 0) is 30.7 Å². The van der Waals surface area contributed by atoms with Crippen molar-refractivity contribution in [1.82, 2.24) is 20.7 Å². The van der Waals surface area contributed by atoms with E-state index in [9.17, 15) is 14.0 Å². The molecule has 3 N–H and O–H groups in total. The topological polar surface area (TPSA) is 104 Å². The standard InChI is InChI=1S/C17H17FN4O4/c1-17(15(23)21-25)10-22(16(24)20-17)9-11-2-5-13(6-3-11)26-14-7-4-12(18)8-19-14/h2-8,25H,9-10H2,1H3,(H,20,24)(H,21,23). The molecule has 3 rings (SSSR count). The number of urea groups is 1. The first kappa shape index (κ1) is 17.6. The summed E-state index contributed by atoms with van der Waals surface area (Å²) in [6, 6.07) is 9.23. The van der Waals surface area contributed by atoms with Crippen LogP contribution < -0.4 is 15.5 Å². The second-order valence-corrected chi connectivity index (χ2v) is 6.12. The first-order valence-corrected chi connectivity index (χ1v) is 7.79. The van der Waals surface area contributed by atoms with Crippen molar-refractivity contribution in [1.29, 1.82) is 0 Å². The summed E-state index contributed by atoms with van der Waals surface area (Å²) < 4.78 is 18.3. The number of carbonyl (C=O) groups excluding carboxylic acids is 2. The highest BCUT2D eigenvalue weighted by Crippen LogP contribution is 2.22. The lowest BCUT2D eigenvalue weighted by atomic mass is 10.0. The van der Waals surface area contributed by atoms with Crippen LogP contribution in [0, 0.1) is 5.82 Å². The average Bonchev–Trinajstić information content (AvgIpc) is 2.92. The van der Waals surface area contributed by atoms with Crippen molar-refractivity contribution in [3.63, 3.8) is 0 Å². The number of benzene rings is 1. The Bertz CT molecular complexity index is 813. The zero-order valence-corrected chi connectivity index (χ0v) is 13.9. The van der Waals surface area contributed by atoms with Gasteiger partial charge in [0.05, 0.1) is 12.7 Å². The molecular formula is C17H17FN4O4. The first-order valence-electron chi connectivity index (χ1n) is 7.79. The molecule has 0 bridgehead atoms. The molecule has 136 valence electrons. The van der Waals surface area contributed by atoms with Crippen LogP contribution in [0.1, 0.15) is 12.5 Å². The fourth-order valence-electron chi connectivity index (χ4n) is 2.61. The Balaban J connectivity index is 1.63. The fourth-order valence-corrected chi connectivity index (χ4v) is 2.61. The highest BCUT2D eigenvalue weighted by Gasteiger charge is 2.44. The molecule has 0 radical (unpaired) electrons. The number of aromatic nitrogens is 1. The van der Waals surface area contributed by atoms with Gasteiger partial charge in [0.1, 0.15) is 17.1 Å². The lowest BCUT2D eigenvalue weighted by Gasteiger charge is -2.20. The largest absolute Gasteiger partial charge is 0.439 e. The highest BCUT2D eigenvalue weighted by atomic mass is 19.1. The van der Waals surface area contributed by atoms with Crippen LogP contribution in [0.3, 0.4) is 0 Å². The number of hydrogen-bond donors (Lipinski definition) is 3. The van der Waals surface area contributed by atoms with E-state index >= 15 is 0 Å². The number of nitrogens with one attached hydrogen (secondary N) is 2. The number of rotatable bonds is 5. The SMILES string of the molecule is CC1(C(=O)NO)CN(Cc2ccc(Oc3ccc(F)cn3)cc2)C(=O)N1. The molecule has 1 aliphatic heterocycles. The molecule has 0 saturated carbocycles. The van der Waals surface area contributed by atoms with Crippen molar-refractivity contribution in [2.45, 2.75) is 19.0 Å². The molecule has 2 aromatic rings. The Kier molecular flexibility index (Phi) is 4.72. The summed E-state index contributed by atoms with van der Waals surface area (Å²) in [5.74, 6) is -0.338. The van der Waals surface area contributed by atoms with Crippen LogP contribution in [0.5, 0.6) is 11.6 Å². The highest BCUT2D eigenvalue weighted by molar-refractivity contribution is 5.93. The smallest absolute Gasteiger partial charge is 0.318 e. The third kappa shape index (κ3) is 3.72. The second kappa shape index (κ2) is 6.96. The van der Waals surface area contributed by atoms with Crippen molar-refractivity contribution < 1.29 is 23.9 Å². The summed E-state index contributed by atoms with van der Waals surface area (Å²) in [7, 11) is 0. The lowest BCUT2D eigenvalue weighted by molar-refractivity contribution is -0.134. The number of hydroxylamine groups is 1. The molecular weight excluding hydrogens is 343 g/mol. The van der Waals surface area contributed by atoms with Crippen LogP contribution in [-0.4, -0.2) is 39.1 Å². The number of hydrogen-bond acceptors (Lipinski definition) is 5. The number of nitrogens with zero attached hydrogens (tertiary/aromatic N) is 2. The van der Waals surface area contributed by atoms with Gasteiger partial charge in [0.25, 0.3) is 5.91 Å². The molecule has 1 fully saturated rings. The summed E-state index contributed by atoms with van der Waals surface area (Å²) in [5.41, 5.74) is 1.20. The van der Waals surface area contributed by atoms with E-state index in [0.717, 1.165) is 11.8 Å². The molecule has 0 aliphatic carbocycles. The van der Waals surface area contributed by atoms with Gasteiger partial charge in [-0.2, -0.15) is 0 Å². The maximum atomic E-state index is 12.8. The number of halogens is 1. The molecule has 1 atom stereocenters. The Morgan fingerprint density at radius 2 is 2.12 bits per heavy atom. The third-order valence-electron chi connectivity index (χ3n) is 4.00. The Labute approximate surface area is 148 Å². The summed E-state index contributed by atoms with van der Waals surface area (Å²) in [5, 5.41) is 11.3. The molecule has 1 aromatic carbocycles. The van der Waals surface area contributed by atoms with Gasteiger partial charge in [0.2, 0.25) is 5.88 Å². The quantitative estimate of drug-likeness (QED) is 0.557. The van der Waals surface area contributed by atoms with Crippen molar-refractivity contribution in [3.05, 3.63) is 54.0 Å². The van der Waals surface area contributed by atoms with Crippen LogP contribution in [0.4, 0.5) is 9.18 Å². The van der Waals surface area contributed by atoms with E-state index in [1.807, 2.05) is 0 Å². The molecule has 1 unspecified atom stereocenters. The Morgan fingerprint density at radius 1 is 1.38 bits per heavy atom. The van der Waals surface area contributed by atoms with E-state index in [2.05, 4.69) is 10.3 Å². The van der Waals surface area contributed by atoms with E-state index in [1.165, 1.54) is 24.0 Å². The predicted molar refractivity (Wildman–Crippen MR) is 88.0 cm³/mol. The molecule has 2 heterocycles. The molecule has 0 spiro atoms. The zero-order valence-electron chi connectivity index (χ0n) is 13.9. The van der Waals surface area contributed by atoms with Crippen molar-refractivity contribution >= 4 is 11.9 Å². The van der Waals surface area contributed by atoms with Gasteiger partial charge in [-0.15, -0.1) is 0 Å². The Morgan fingerprint density at radius 3 is 2.73 bits per heavy atom. The molecule has 1 aromatic heterocycles. The van der Waals surface area contributed by atoms with Gasteiger partial charge < -0.3 is 15.0 Å². The number of carbonyl (C=O) groups is 2. The average molecular weight is 360 g/mol. The van der Waals surface area contributed by atoms with Crippen molar-refractivity contribution in [2.24, 2.45) is 0 Å². The number of pyridine rings is 1. The zero-order chi connectivity index (χ0) is 18.7. The maximum Gasteiger partial charge on any atom is 0.318 e. The minimum Gasteiger partial charge on any atom is -0.439 e. The number of amides is 3. The van der Waals surface area contributed by atoms with Crippen molar-refractivity contribution in [3.8, 4) is 11.6 Å². The van der Waals surface area contributed by atoms with E-state index in [4.69, 9.17) is 9.94 Å². The first-order chi connectivity index (χ1) is 12.4. The van der Waals surface area contributed by atoms with Gasteiger partial charge in [-0.1, -0.05) is 12.1 Å². The lowest BCUT2D eigenvalue weighted by Crippen LogP contribution is -2.53. The van der Waals surface area contributed by atoms with E-state index < -0.39 is 23.3 Å². The Hall–Kier alpha value is -3.20. The van der Waals surface area contributed by atoms with E-state index in [1.54, 1.807) is 29.7 Å². The van der Waals surface area contributed by atoms with Crippen LogP contribution in [0.15, 0.2) is 42.6 Å². The maximum absolute atomic E-state index is 12.8. The summed E-state index contributed by atoms with van der Waals surface area (Å²) in [6.07, 6.45) is 1.06. The molecule has 1 saturated heterocycles. The molecule has 3 amide bonds. The normalized spacial score (nSPS) is 19.2. The second-order valence-electron chi connectivity index (χ2n) is 6.12. The summed E-state index contributed by atoms with van der Waals surface area (Å²) in [6.45, 7) is 1.94. The van der Waals surface area contributed by atoms with Crippen LogP contribution >= 0.6 is 0 Å². The van der Waals surface area contributed by atoms with E-state index in [0.29, 0.717) is 5.75 Å². The summed E-state index contributed by atoms with van der Waals surface area (Å²) >= 11 is 0. The third-order valence-corrected chi connectivity index (χ3v) is 4.00. The predicted octanol–water partition coefficient (Wildman–Crippen LogP) is 1.80. The summed E-state index contributed by atoms with van der Waals surface area (Å²) in [4.78, 5) is 29.0. The van der Waals surface area contributed by atoms with Gasteiger partial charge in [-0.25, -0.2) is 19.6 Å². The van der Waals surface area contributed by atoms with Gasteiger partial charge in [-0.3, -0.25) is 10.0 Å². The van der Waals surface area contributed by atoms with Gasteiger partial charge in [0.15, 0.2) is 0 Å². The minimum absolute atomic E-state index is 0.121. The molecule has 26 heavy (non-hydrogen) atoms. The van der Waals surface area contributed by atoms with Gasteiger partial charge >= 0.3 is 6.03 Å². The van der Waals surface area contributed by atoms with Gasteiger partial charge in [0, 0.05) is 12.6 Å². The van der Waals surface area contributed by atoms with E-state index in [-0.39, 0.29) is 19.0 Å². The van der Waals surface area contributed by atoms with Crippen LogP contribution in [0.2, 0.25) is 0 Å². The molecule has 8 nitrogen and oxygen atoms in total. The molecule has 9 heteroatoms. The van der Waals surface area contributed by atoms with Crippen LogP contribution in [-0.2, 0) is 11.3 Å².